The van der Waals surface area contributed by atoms with Crippen molar-refractivity contribution in [2.24, 2.45) is 5.92 Å². The van der Waals surface area contributed by atoms with Gasteiger partial charge in [-0.1, -0.05) is 30.3 Å². The number of pyridine rings is 1. The molecular weight excluding hydrogens is 420 g/mol. The van der Waals surface area contributed by atoms with E-state index >= 15 is 0 Å². The molecule has 2 aliphatic rings. The third-order valence-corrected chi connectivity index (χ3v) is 6.61. The summed E-state index contributed by atoms with van der Waals surface area (Å²) in [6, 6.07) is 12.2. The number of ether oxygens (including phenoxy) is 1. The van der Waals surface area contributed by atoms with E-state index in [0.29, 0.717) is 48.6 Å². The average Bonchev–Trinajstić information content (AvgIpc) is 3.12. The van der Waals surface area contributed by atoms with Gasteiger partial charge < -0.3 is 9.64 Å². The Labute approximate surface area is 179 Å². The third-order valence-electron chi connectivity index (χ3n) is 5.38. The number of aromatic nitrogens is 1. The highest BCUT2D eigenvalue weighted by atomic mass is 32.2. The van der Waals surface area contributed by atoms with Crippen LogP contribution in [0.1, 0.15) is 40.0 Å². The number of benzene rings is 1. The molecule has 1 aromatic carbocycles. The van der Waals surface area contributed by atoms with Crippen molar-refractivity contribution in [3.05, 3.63) is 58.8 Å². The van der Waals surface area contributed by atoms with Gasteiger partial charge in [0.2, 0.25) is 15.9 Å². The Morgan fingerprint density at radius 3 is 2.65 bits per heavy atom. The maximum Gasteiger partial charge on any atom is 0.340 e. The van der Waals surface area contributed by atoms with Crippen molar-refractivity contribution in [3.8, 4) is 6.07 Å². The molecule has 0 atom stereocenters. The summed E-state index contributed by atoms with van der Waals surface area (Å²) < 4.78 is 31.8. The Bertz CT molecular complexity index is 1170. The zero-order chi connectivity index (χ0) is 22.0. The van der Waals surface area contributed by atoms with Crippen LogP contribution in [0.15, 0.2) is 36.4 Å². The monoisotopic (exact) mass is 440 g/mol. The standard InChI is InChI=1S/C21H20N4O5S/c22-11-16-10-17-18(12-30-21(17)27)23-19(16)25-8-6-15(7-9-25)20(26)24-31(28,29)13-14-4-2-1-3-5-14/h1-5,10,15H,6-9,12-13H2,(H,24,26). The maximum atomic E-state index is 12.5. The summed E-state index contributed by atoms with van der Waals surface area (Å²) in [6.07, 6.45) is 0.845. The van der Waals surface area contributed by atoms with E-state index in [0.717, 1.165) is 0 Å². The van der Waals surface area contributed by atoms with Crippen LogP contribution in [0.2, 0.25) is 0 Å². The second-order valence-electron chi connectivity index (χ2n) is 7.51. The number of piperidine rings is 1. The first-order chi connectivity index (χ1) is 14.9. The van der Waals surface area contributed by atoms with Crippen molar-refractivity contribution in [2.45, 2.75) is 25.2 Å². The Morgan fingerprint density at radius 1 is 1.26 bits per heavy atom. The van der Waals surface area contributed by atoms with Crippen molar-refractivity contribution in [1.82, 2.24) is 9.71 Å². The van der Waals surface area contributed by atoms with E-state index in [2.05, 4.69) is 15.8 Å². The summed E-state index contributed by atoms with van der Waals surface area (Å²) in [6.45, 7) is 0.948. The Hall–Kier alpha value is -3.45. The van der Waals surface area contributed by atoms with Crippen LogP contribution < -0.4 is 9.62 Å². The molecule has 0 bridgehead atoms. The number of sulfonamides is 1. The number of carbonyl (C=O) groups is 2. The number of nitriles is 1. The normalized spacial score (nSPS) is 16.4. The largest absolute Gasteiger partial charge is 0.455 e. The van der Waals surface area contributed by atoms with Gasteiger partial charge in [-0.15, -0.1) is 0 Å². The highest BCUT2D eigenvalue weighted by Crippen LogP contribution is 2.29. The quantitative estimate of drug-likeness (QED) is 0.692. The molecule has 0 radical (unpaired) electrons. The number of esters is 1. The lowest BCUT2D eigenvalue weighted by Gasteiger charge is -2.32. The van der Waals surface area contributed by atoms with Crippen LogP contribution in [-0.4, -0.2) is 38.4 Å². The molecule has 0 aliphatic carbocycles. The molecular formula is C21H20N4O5S. The minimum absolute atomic E-state index is 0.0744. The molecule has 0 saturated carbocycles. The molecule has 1 saturated heterocycles. The molecule has 1 aromatic heterocycles. The first-order valence-corrected chi connectivity index (χ1v) is 11.5. The lowest BCUT2D eigenvalue weighted by molar-refractivity contribution is -0.123. The molecule has 9 nitrogen and oxygen atoms in total. The van der Waals surface area contributed by atoms with Crippen molar-refractivity contribution in [2.75, 3.05) is 18.0 Å². The number of nitrogens with zero attached hydrogens (tertiary/aromatic N) is 3. The van der Waals surface area contributed by atoms with E-state index in [1.54, 1.807) is 30.3 Å². The second kappa shape index (κ2) is 8.35. The van der Waals surface area contributed by atoms with E-state index in [1.807, 2.05) is 4.90 Å². The summed E-state index contributed by atoms with van der Waals surface area (Å²) in [5.74, 6) is -1.26. The molecule has 0 unspecified atom stereocenters. The molecule has 2 aliphatic heterocycles. The van der Waals surface area contributed by atoms with Gasteiger partial charge in [0.05, 0.1) is 22.6 Å². The SMILES string of the molecule is N#Cc1cc2c(nc1N1CCC(C(=O)NS(=O)(=O)Cc3ccccc3)CC1)COC2=O. The molecule has 3 heterocycles. The Morgan fingerprint density at radius 2 is 1.97 bits per heavy atom. The van der Waals surface area contributed by atoms with Crippen molar-refractivity contribution in [1.29, 1.82) is 5.26 Å². The zero-order valence-electron chi connectivity index (χ0n) is 16.6. The van der Waals surface area contributed by atoms with Gasteiger partial charge in [0.1, 0.15) is 18.5 Å². The topological polar surface area (TPSA) is 129 Å². The molecule has 4 rings (SSSR count). The van der Waals surface area contributed by atoms with Gasteiger partial charge in [0, 0.05) is 19.0 Å². The van der Waals surface area contributed by atoms with E-state index in [-0.39, 0.29) is 17.9 Å². The summed E-state index contributed by atoms with van der Waals surface area (Å²) in [5.41, 5.74) is 1.67. The minimum Gasteiger partial charge on any atom is -0.455 e. The summed E-state index contributed by atoms with van der Waals surface area (Å²) in [4.78, 5) is 30.5. The number of hydrogen-bond donors (Lipinski definition) is 1. The van der Waals surface area contributed by atoms with Crippen LogP contribution >= 0.6 is 0 Å². The van der Waals surface area contributed by atoms with Crippen LogP contribution in [0.5, 0.6) is 0 Å². The van der Waals surface area contributed by atoms with E-state index in [4.69, 9.17) is 4.74 Å². The first kappa shape index (κ1) is 20.8. The number of nitrogens with one attached hydrogen (secondary N) is 1. The van der Waals surface area contributed by atoms with E-state index in [9.17, 15) is 23.3 Å². The number of rotatable bonds is 5. The fourth-order valence-electron chi connectivity index (χ4n) is 3.78. The second-order valence-corrected chi connectivity index (χ2v) is 9.24. The van der Waals surface area contributed by atoms with Gasteiger partial charge in [-0.3, -0.25) is 9.52 Å². The maximum absolute atomic E-state index is 12.5. The third kappa shape index (κ3) is 4.51. The van der Waals surface area contributed by atoms with E-state index in [1.165, 1.54) is 6.07 Å². The predicted octanol–water partition coefficient (Wildman–Crippen LogP) is 1.49. The van der Waals surface area contributed by atoms with Crippen molar-refractivity contribution >= 4 is 27.7 Å². The van der Waals surface area contributed by atoms with Crippen molar-refractivity contribution < 1.29 is 22.7 Å². The molecule has 160 valence electrons. The lowest BCUT2D eigenvalue weighted by atomic mass is 9.96. The number of carbonyl (C=O) groups excluding carboxylic acids is 2. The zero-order valence-corrected chi connectivity index (χ0v) is 17.4. The summed E-state index contributed by atoms with van der Waals surface area (Å²) in [7, 11) is -3.79. The van der Waals surface area contributed by atoms with E-state index < -0.39 is 27.8 Å². The van der Waals surface area contributed by atoms with Gasteiger partial charge in [0.25, 0.3) is 0 Å². The molecule has 2 aromatic rings. The number of cyclic esters (lactones) is 1. The smallest absolute Gasteiger partial charge is 0.340 e. The van der Waals surface area contributed by atoms with Gasteiger partial charge in [-0.25, -0.2) is 18.2 Å². The van der Waals surface area contributed by atoms with Crippen LogP contribution in [0.25, 0.3) is 0 Å². The number of hydrogen-bond acceptors (Lipinski definition) is 8. The first-order valence-electron chi connectivity index (χ1n) is 9.80. The van der Waals surface area contributed by atoms with Crippen LogP contribution in [0.3, 0.4) is 0 Å². The molecule has 1 N–H and O–H groups in total. The summed E-state index contributed by atoms with van der Waals surface area (Å²) in [5, 5.41) is 9.46. The molecule has 1 amide bonds. The minimum atomic E-state index is -3.79. The molecule has 1 fully saturated rings. The lowest BCUT2D eigenvalue weighted by Crippen LogP contribution is -2.43. The number of fused-ring (bicyclic) bond motifs is 1. The van der Waals surface area contributed by atoms with Crippen LogP contribution in [0, 0.1) is 17.2 Å². The van der Waals surface area contributed by atoms with Crippen LogP contribution in [0.4, 0.5) is 5.82 Å². The van der Waals surface area contributed by atoms with Gasteiger partial charge in [-0.2, -0.15) is 5.26 Å². The highest BCUT2D eigenvalue weighted by Gasteiger charge is 2.31. The molecule has 10 heteroatoms. The Kier molecular flexibility index (Phi) is 5.61. The van der Waals surface area contributed by atoms with Crippen molar-refractivity contribution in [3.63, 3.8) is 0 Å². The number of anilines is 1. The number of amides is 1. The van der Waals surface area contributed by atoms with Gasteiger partial charge >= 0.3 is 5.97 Å². The van der Waals surface area contributed by atoms with Crippen LogP contribution in [-0.2, 0) is 31.9 Å². The summed E-state index contributed by atoms with van der Waals surface area (Å²) >= 11 is 0. The Balaban J connectivity index is 1.39. The molecule has 0 spiro atoms. The van der Waals surface area contributed by atoms with Gasteiger partial charge in [0.15, 0.2) is 0 Å². The van der Waals surface area contributed by atoms with Gasteiger partial charge in [-0.05, 0) is 24.5 Å². The average molecular weight is 440 g/mol. The predicted molar refractivity (Wildman–Crippen MR) is 110 cm³/mol. The highest BCUT2D eigenvalue weighted by molar-refractivity contribution is 7.89. The fraction of sp³-hybridized carbons (Fsp3) is 0.333. The fourth-order valence-corrected chi connectivity index (χ4v) is 4.96. The molecule has 31 heavy (non-hydrogen) atoms.